The van der Waals surface area contributed by atoms with Gasteiger partial charge < -0.3 is 5.32 Å². The Hall–Kier alpha value is -0.870. The topological polar surface area (TPSA) is 33.1 Å². The summed E-state index contributed by atoms with van der Waals surface area (Å²) in [5, 5.41) is 8.00. The zero-order valence-electron chi connectivity index (χ0n) is 12.7. The van der Waals surface area contributed by atoms with E-state index in [1.54, 1.807) is 0 Å². The summed E-state index contributed by atoms with van der Waals surface area (Å²) in [6.45, 7) is 8.99. The minimum Gasteiger partial charge on any atom is -0.313 e. The van der Waals surface area contributed by atoms with Crippen LogP contribution >= 0.6 is 0 Å². The highest BCUT2D eigenvalue weighted by Gasteiger charge is 2.17. The van der Waals surface area contributed by atoms with Crippen molar-refractivity contribution >= 4 is 0 Å². The second-order valence-corrected chi connectivity index (χ2v) is 5.76. The molecule has 0 aliphatic carbocycles. The molecule has 1 aromatic rings. The molecule has 1 unspecified atom stereocenters. The molecule has 19 heavy (non-hydrogen) atoms. The Labute approximate surface area is 117 Å². The van der Waals surface area contributed by atoms with Crippen molar-refractivity contribution in [3.8, 4) is 0 Å². The quantitative estimate of drug-likeness (QED) is 0.854. The fourth-order valence-corrected chi connectivity index (χ4v) is 2.88. The zero-order valence-corrected chi connectivity index (χ0v) is 12.7. The SMILES string of the molecule is CCCN(Cc1cnn(C)c1C)CC1CCCCN1. The van der Waals surface area contributed by atoms with E-state index >= 15 is 0 Å². The molecule has 1 aromatic heterocycles. The number of aromatic nitrogens is 2. The third-order valence-corrected chi connectivity index (χ3v) is 4.16. The van der Waals surface area contributed by atoms with Crippen LogP contribution in [0.15, 0.2) is 6.20 Å². The Kier molecular flexibility index (Phi) is 5.40. The smallest absolute Gasteiger partial charge is 0.0537 e. The van der Waals surface area contributed by atoms with Gasteiger partial charge in [-0.1, -0.05) is 13.3 Å². The maximum Gasteiger partial charge on any atom is 0.0537 e. The summed E-state index contributed by atoms with van der Waals surface area (Å²) >= 11 is 0. The van der Waals surface area contributed by atoms with Gasteiger partial charge in [0.15, 0.2) is 0 Å². The Morgan fingerprint density at radius 3 is 2.89 bits per heavy atom. The number of piperidine rings is 1. The molecule has 0 aromatic carbocycles. The van der Waals surface area contributed by atoms with Crippen LogP contribution in [0.25, 0.3) is 0 Å². The molecule has 1 N–H and O–H groups in total. The van der Waals surface area contributed by atoms with Gasteiger partial charge in [-0.3, -0.25) is 9.58 Å². The van der Waals surface area contributed by atoms with Gasteiger partial charge in [0.05, 0.1) is 6.20 Å². The first-order valence-corrected chi connectivity index (χ1v) is 7.64. The molecule has 1 aliphatic heterocycles. The van der Waals surface area contributed by atoms with E-state index in [-0.39, 0.29) is 0 Å². The average Bonchev–Trinajstić information content (AvgIpc) is 2.72. The van der Waals surface area contributed by atoms with Crippen LogP contribution in [0.1, 0.15) is 43.9 Å². The standard InChI is InChI=1S/C15H28N4/c1-4-9-19(12-15-7-5-6-8-16-15)11-14-10-17-18(3)13(14)2/h10,15-16H,4-9,11-12H2,1-3H3. The third kappa shape index (κ3) is 4.05. The first-order chi connectivity index (χ1) is 9.20. The first-order valence-electron chi connectivity index (χ1n) is 7.64. The number of aryl methyl sites for hydroxylation is 1. The average molecular weight is 264 g/mol. The van der Waals surface area contributed by atoms with E-state index in [1.165, 1.54) is 56.6 Å². The number of rotatable bonds is 6. The van der Waals surface area contributed by atoms with Gasteiger partial charge >= 0.3 is 0 Å². The maximum atomic E-state index is 4.35. The van der Waals surface area contributed by atoms with Gasteiger partial charge in [0.25, 0.3) is 0 Å². The lowest BCUT2D eigenvalue weighted by molar-refractivity contribution is 0.217. The highest BCUT2D eigenvalue weighted by Crippen LogP contribution is 2.13. The monoisotopic (exact) mass is 264 g/mol. The Balaban J connectivity index is 1.93. The van der Waals surface area contributed by atoms with Gasteiger partial charge in [-0.25, -0.2) is 0 Å². The van der Waals surface area contributed by atoms with Gasteiger partial charge in [0.2, 0.25) is 0 Å². The predicted octanol–water partition coefficient (Wildman–Crippen LogP) is 2.08. The van der Waals surface area contributed by atoms with Crippen molar-refractivity contribution in [1.29, 1.82) is 0 Å². The van der Waals surface area contributed by atoms with Crippen LogP contribution in [0.4, 0.5) is 0 Å². The minimum atomic E-state index is 0.678. The van der Waals surface area contributed by atoms with Crippen LogP contribution in [-0.2, 0) is 13.6 Å². The molecule has 1 fully saturated rings. The molecule has 1 saturated heterocycles. The van der Waals surface area contributed by atoms with E-state index in [0.717, 1.165) is 6.54 Å². The molecule has 0 radical (unpaired) electrons. The van der Waals surface area contributed by atoms with Gasteiger partial charge in [0.1, 0.15) is 0 Å². The summed E-state index contributed by atoms with van der Waals surface area (Å²) in [5.74, 6) is 0. The summed E-state index contributed by atoms with van der Waals surface area (Å²) in [6.07, 6.45) is 7.28. The van der Waals surface area contributed by atoms with E-state index in [1.807, 2.05) is 17.9 Å². The summed E-state index contributed by atoms with van der Waals surface area (Å²) in [7, 11) is 2.02. The number of nitrogens with one attached hydrogen (secondary N) is 1. The van der Waals surface area contributed by atoms with E-state index in [4.69, 9.17) is 0 Å². The minimum absolute atomic E-state index is 0.678. The zero-order chi connectivity index (χ0) is 13.7. The summed E-state index contributed by atoms with van der Waals surface area (Å²) in [4.78, 5) is 2.58. The molecule has 0 bridgehead atoms. The molecule has 108 valence electrons. The number of hydrogen-bond acceptors (Lipinski definition) is 3. The van der Waals surface area contributed by atoms with Crippen molar-refractivity contribution < 1.29 is 0 Å². The van der Waals surface area contributed by atoms with Crippen LogP contribution in [-0.4, -0.2) is 40.4 Å². The molecule has 1 atom stereocenters. The normalized spacial score (nSPS) is 20.1. The lowest BCUT2D eigenvalue weighted by Crippen LogP contribution is -2.43. The lowest BCUT2D eigenvalue weighted by atomic mass is 10.0. The Morgan fingerprint density at radius 1 is 1.47 bits per heavy atom. The fourth-order valence-electron chi connectivity index (χ4n) is 2.88. The van der Waals surface area contributed by atoms with E-state index in [2.05, 4.69) is 29.2 Å². The van der Waals surface area contributed by atoms with Crippen molar-refractivity contribution in [2.75, 3.05) is 19.6 Å². The Bertz CT molecular complexity index is 379. The summed E-state index contributed by atoms with van der Waals surface area (Å²) in [5.41, 5.74) is 2.66. The molecule has 0 amide bonds. The molecule has 0 saturated carbocycles. The molecular formula is C15H28N4. The second kappa shape index (κ2) is 7.06. The van der Waals surface area contributed by atoms with Crippen molar-refractivity contribution in [2.24, 2.45) is 7.05 Å². The van der Waals surface area contributed by atoms with E-state index in [9.17, 15) is 0 Å². The second-order valence-electron chi connectivity index (χ2n) is 5.76. The van der Waals surface area contributed by atoms with Gasteiger partial charge in [0, 0.05) is 37.4 Å². The summed E-state index contributed by atoms with van der Waals surface area (Å²) < 4.78 is 1.97. The number of nitrogens with zero attached hydrogens (tertiary/aromatic N) is 3. The fraction of sp³-hybridized carbons (Fsp3) is 0.800. The highest BCUT2D eigenvalue weighted by molar-refractivity contribution is 5.15. The van der Waals surface area contributed by atoms with Crippen LogP contribution in [0.2, 0.25) is 0 Å². The predicted molar refractivity (Wildman–Crippen MR) is 79.2 cm³/mol. The van der Waals surface area contributed by atoms with Crippen LogP contribution in [0, 0.1) is 6.92 Å². The maximum absolute atomic E-state index is 4.35. The molecular weight excluding hydrogens is 236 g/mol. The molecule has 2 rings (SSSR count). The molecule has 2 heterocycles. The van der Waals surface area contributed by atoms with Crippen molar-refractivity contribution in [1.82, 2.24) is 20.0 Å². The van der Waals surface area contributed by atoms with Gasteiger partial charge in [-0.15, -0.1) is 0 Å². The summed E-state index contributed by atoms with van der Waals surface area (Å²) in [6, 6.07) is 0.678. The first kappa shape index (κ1) is 14.5. The van der Waals surface area contributed by atoms with E-state index in [0.29, 0.717) is 6.04 Å². The molecule has 4 nitrogen and oxygen atoms in total. The van der Waals surface area contributed by atoms with Crippen molar-refractivity contribution in [2.45, 2.75) is 52.1 Å². The molecule has 0 spiro atoms. The van der Waals surface area contributed by atoms with Gasteiger partial charge in [-0.2, -0.15) is 5.10 Å². The third-order valence-electron chi connectivity index (χ3n) is 4.16. The Morgan fingerprint density at radius 2 is 2.32 bits per heavy atom. The van der Waals surface area contributed by atoms with Crippen LogP contribution in [0.3, 0.4) is 0 Å². The van der Waals surface area contributed by atoms with Crippen molar-refractivity contribution in [3.05, 3.63) is 17.5 Å². The highest BCUT2D eigenvalue weighted by atomic mass is 15.3. The number of hydrogen-bond donors (Lipinski definition) is 1. The van der Waals surface area contributed by atoms with Crippen molar-refractivity contribution in [3.63, 3.8) is 0 Å². The largest absolute Gasteiger partial charge is 0.313 e. The van der Waals surface area contributed by atoms with Crippen LogP contribution < -0.4 is 5.32 Å². The van der Waals surface area contributed by atoms with Gasteiger partial charge in [-0.05, 0) is 39.3 Å². The molecule has 1 aliphatic rings. The van der Waals surface area contributed by atoms with E-state index < -0.39 is 0 Å². The van der Waals surface area contributed by atoms with Crippen LogP contribution in [0.5, 0.6) is 0 Å². The molecule has 4 heteroatoms. The lowest BCUT2D eigenvalue weighted by Gasteiger charge is -2.30.